The first-order chi connectivity index (χ1) is 9.31. The van der Waals surface area contributed by atoms with Crippen LogP contribution in [0.5, 0.6) is 0 Å². The zero-order chi connectivity index (χ0) is 13.2. The average Bonchev–Trinajstić information content (AvgIpc) is 3.17. The van der Waals surface area contributed by atoms with Crippen LogP contribution in [0.2, 0.25) is 0 Å². The van der Waals surface area contributed by atoms with Crippen LogP contribution in [0.3, 0.4) is 0 Å². The van der Waals surface area contributed by atoms with Gasteiger partial charge in [-0.15, -0.1) is 0 Å². The van der Waals surface area contributed by atoms with Gasteiger partial charge in [0.15, 0.2) is 0 Å². The minimum atomic E-state index is 0.730. The Balaban J connectivity index is 1.92. The van der Waals surface area contributed by atoms with Gasteiger partial charge in [0, 0.05) is 17.0 Å². The van der Waals surface area contributed by atoms with Crippen LogP contribution in [-0.2, 0) is 19.4 Å². The molecule has 0 unspecified atom stereocenters. The fourth-order valence-corrected chi connectivity index (χ4v) is 2.75. The van der Waals surface area contributed by atoms with Crippen LogP contribution in [0.4, 0.5) is 0 Å². The van der Waals surface area contributed by atoms with Crippen molar-refractivity contribution in [3.8, 4) is 0 Å². The van der Waals surface area contributed by atoms with Gasteiger partial charge in [0.05, 0.1) is 6.54 Å². The number of benzene rings is 1. The quantitative estimate of drug-likeness (QED) is 0.839. The van der Waals surface area contributed by atoms with Crippen molar-refractivity contribution in [1.29, 1.82) is 0 Å². The van der Waals surface area contributed by atoms with E-state index >= 15 is 0 Å². The SMILES string of the molecule is CCCc1ccc2oc(CNC3CC3)c(CC)c2c1. The van der Waals surface area contributed by atoms with Gasteiger partial charge >= 0.3 is 0 Å². The van der Waals surface area contributed by atoms with E-state index in [0.29, 0.717) is 0 Å². The highest BCUT2D eigenvalue weighted by atomic mass is 16.3. The molecular formula is C17H23NO. The second kappa shape index (κ2) is 5.38. The second-order valence-corrected chi connectivity index (χ2v) is 5.59. The Morgan fingerprint density at radius 2 is 2.11 bits per heavy atom. The standard InChI is InChI=1S/C17H23NO/c1-3-5-12-6-9-16-15(10-12)14(4-2)17(19-16)11-18-13-7-8-13/h6,9-10,13,18H,3-5,7-8,11H2,1-2H3. The van der Waals surface area contributed by atoms with Crippen molar-refractivity contribution in [3.63, 3.8) is 0 Å². The number of hydrogen-bond acceptors (Lipinski definition) is 2. The predicted octanol–water partition coefficient (Wildman–Crippen LogP) is 4.20. The summed E-state index contributed by atoms with van der Waals surface area (Å²) in [4.78, 5) is 0. The number of hydrogen-bond donors (Lipinski definition) is 1. The monoisotopic (exact) mass is 257 g/mol. The highest BCUT2D eigenvalue weighted by Crippen LogP contribution is 2.29. The fraction of sp³-hybridized carbons (Fsp3) is 0.529. The van der Waals surface area contributed by atoms with Crippen LogP contribution >= 0.6 is 0 Å². The summed E-state index contributed by atoms with van der Waals surface area (Å²) < 4.78 is 6.04. The summed E-state index contributed by atoms with van der Waals surface area (Å²) in [5, 5.41) is 4.87. The molecule has 1 aliphatic rings. The van der Waals surface area contributed by atoms with Gasteiger partial charge in [-0.3, -0.25) is 0 Å². The van der Waals surface area contributed by atoms with E-state index in [4.69, 9.17) is 4.42 Å². The molecule has 1 fully saturated rings. The van der Waals surface area contributed by atoms with Gasteiger partial charge in [0.1, 0.15) is 11.3 Å². The maximum Gasteiger partial charge on any atom is 0.134 e. The Morgan fingerprint density at radius 1 is 1.26 bits per heavy atom. The van der Waals surface area contributed by atoms with Gasteiger partial charge in [0.25, 0.3) is 0 Å². The van der Waals surface area contributed by atoms with Crippen molar-refractivity contribution in [3.05, 3.63) is 35.1 Å². The van der Waals surface area contributed by atoms with Crippen LogP contribution in [0.1, 0.15) is 50.0 Å². The van der Waals surface area contributed by atoms with E-state index in [9.17, 15) is 0 Å². The molecular weight excluding hydrogens is 234 g/mol. The second-order valence-electron chi connectivity index (χ2n) is 5.59. The number of rotatable bonds is 6. The summed E-state index contributed by atoms with van der Waals surface area (Å²) in [7, 11) is 0. The molecule has 1 N–H and O–H groups in total. The number of nitrogens with one attached hydrogen (secondary N) is 1. The third-order valence-electron chi connectivity index (χ3n) is 3.96. The van der Waals surface area contributed by atoms with Gasteiger partial charge in [0.2, 0.25) is 0 Å². The molecule has 2 nitrogen and oxygen atoms in total. The first kappa shape index (κ1) is 12.7. The molecule has 0 atom stereocenters. The highest BCUT2D eigenvalue weighted by molar-refractivity contribution is 5.83. The lowest BCUT2D eigenvalue weighted by Gasteiger charge is -2.02. The van der Waals surface area contributed by atoms with Crippen molar-refractivity contribution in [2.24, 2.45) is 0 Å². The molecule has 2 aromatic rings. The van der Waals surface area contributed by atoms with Gasteiger partial charge in [-0.2, -0.15) is 0 Å². The van der Waals surface area contributed by atoms with Crippen LogP contribution < -0.4 is 5.32 Å². The zero-order valence-corrected chi connectivity index (χ0v) is 12.0. The lowest BCUT2D eigenvalue weighted by atomic mass is 10.0. The number of furan rings is 1. The van der Waals surface area contributed by atoms with Crippen molar-refractivity contribution in [2.45, 2.75) is 58.5 Å². The predicted molar refractivity (Wildman–Crippen MR) is 79.4 cm³/mol. The van der Waals surface area contributed by atoms with E-state index in [-0.39, 0.29) is 0 Å². The first-order valence-electron chi connectivity index (χ1n) is 7.58. The smallest absolute Gasteiger partial charge is 0.134 e. The summed E-state index contributed by atoms with van der Waals surface area (Å²) in [6, 6.07) is 7.39. The maximum atomic E-state index is 6.04. The Kier molecular flexibility index (Phi) is 3.61. The molecule has 2 heteroatoms. The van der Waals surface area contributed by atoms with Crippen molar-refractivity contribution >= 4 is 11.0 Å². The third-order valence-corrected chi connectivity index (χ3v) is 3.96. The third kappa shape index (κ3) is 2.69. The summed E-state index contributed by atoms with van der Waals surface area (Å²) in [6.45, 7) is 5.33. The molecule has 19 heavy (non-hydrogen) atoms. The summed E-state index contributed by atoms with van der Waals surface area (Å²) >= 11 is 0. The molecule has 102 valence electrons. The Labute approximate surface area is 115 Å². The Morgan fingerprint density at radius 3 is 2.79 bits per heavy atom. The van der Waals surface area contributed by atoms with Crippen LogP contribution in [0.15, 0.2) is 22.6 Å². The first-order valence-corrected chi connectivity index (χ1v) is 7.58. The molecule has 1 aliphatic carbocycles. The molecule has 1 aromatic heterocycles. The Hall–Kier alpha value is -1.28. The molecule has 3 rings (SSSR count). The van der Waals surface area contributed by atoms with Gasteiger partial charge in [-0.25, -0.2) is 0 Å². The lowest BCUT2D eigenvalue weighted by Crippen LogP contribution is -2.15. The summed E-state index contributed by atoms with van der Waals surface area (Å²) in [6.07, 6.45) is 6.04. The zero-order valence-electron chi connectivity index (χ0n) is 12.0. The van der Waals surface area contributed by atoms with Crippen LogP contribution in [0.25, 0.3) is 11.0 Å². The molecule has 0 bridgehead atoms. The van der Waals surface area contributed by atoms with E-state index < -0.39 is 0 Å². The van der Waals surface area contributed by atoms with E-state index in [1.807, 2.05) is 0 Å². The van der Waals surface area contributed by atoms with Crippen LogP contribution in [-0.4, -0.2) is 6.04 Å². The fourth-order valence-electron chi connectivity index (χ4n) is 2.75. The lowest BCUT2D eigenvalue weighted by molar-refractivity contribution is 0.507. The molecule has 1 heterocycles. The highest BCUT2D eigenvalue weighted by Gasteiger charge is 2.22. The van der Waals surface area contributed by atoms with Crippen molar-refractivity contribution in [2.75, 3.05) is 0 Å². The minimum absolute atomic E-state index is 0.730. The van der Waals surface area contributed by atoms with Gasteiger partial charge in [-0.1, -0.05) is 26.3 Å². The molecule has 0 spiro atoms. The number of aryl methyl sites for hydroxylation is 2. The summed E-state index contributed by atoms with van der Waals surface area (Å²) in [5.41, 5.74) is 3.86. The Bertz CT molecular complexity index is 566. The minimum Gasteiger partial charge on any atom is -0.459 e. The van der Waals surface area contributed by atoms with Gasteiger partial charge in [-0.05, 0) is 43.4 Å². The molecule has 1 aromatic carbocycles. The molecule has 0 aliphatic heterocycles. The largest absolute Gasteiger partial charge is 0.459 e. The number of fused-ring (bicyclic) bond motifs is 1. The normalized spacial score (nSPS) is 15.3. The molecule has 0 amide bonds. The van der Waals surface area contributed by atoms with E-state index in [1.54, 1.807) is 0 Å². The topological polar surface area (TPSA) is 25.2 Å². The molecule has 0 radical (unpaired) electrons. The van der Waals surface area contributed by atoms with Gasteiger partial charge < -0.3 is 9.73 Å². The van der Waals surface area contributed by atoms with E-state index in [0.717, 1.165) is 36.8 Å². The maximum absolute atomic E-state index is 6.04. The van der Waals surface area contributed by atoms with Crippen molar-refractivity contribution < 1.29 is 4.42 Å². The van der Waals surface area contributed by atoms with Crippen molar-refractivity contribution in [1.82, 2.24) is 5.32 Å². The molecule has 0 saturated heterocycles. The summed E-state index contributed by atoms with van der Waals surface area (Å²) in [5.74, 6) is 1.14. The average molecular weight is 257 g/mol. The van der Waals surface area contributed by atoms with E-state index in [1.165, 1.54) is 35.8 Å². The molecule has 1 saturated carbocycles. The van der Waals surface area contributed by atoms with Crippen LogP contribution in [0, 0.1) is 0 Å². The van der Waals surface area contributed by atoms with E-state index in [2.05, 4.69) is 37.4 Å².